The number of aliphatic hydroxyl groups is 1. The van der Waals surface area contributed by atoms with Gasteiger partial charge in [-0.05, 0) is 18.2 Å². The fourth-order valence-corrected chi connectivity index (χ4v) is 1.50. The van der Waals surface area contributed by atoms with Gasteiger partial charge in [-0.2, -0.15) is 0 Å². The molecule has 1 heterocycles. The summed E-state index contributed by atoms with van der Waals surface area (Å²) in [6.45, 7) is -0.249. The van der Waals surface area contributed by atoms with Crippen LogP contribution in [0.25, 0.3) is 0 Å². The van der Waals surface area contributed by atoms with Crippen molar-refractivity contribution >= 4 is 11.7 Å². The molecule has 0 saturated carbocycles. The summed E-state index contributed by atoms with van der Waals surface area (Å²) in [5.41, 5.74) is 0.411. The number of hydrogen-bond acceptors (Lipinski definition) is 3. The van der Waals surface area contributed by atoms with Crippen molar-refractivity contribution < 1.29 is 14.3 Å². The summed E-state index contributed by atoms with van der Waals surface area (Å²) in [4.78, 5) is 15.8. The summed E-state index contributed by atoms with van der Waals surface area (Å²) in [6.07, 6.45) is 1.48. The molecule has 4 nitrogen and oxygen atoms in total. The summed E-state index contributed by atoms with van der Waals surface area (Å²) >= 11 is 0. The topological polar surface area (TPSA) is 62.2 Å². The van der Waals surface area contributed by atoms with Gasteiger partial charge in [0.15, 0.2) is 0 Å². The number of rotatable bonds is 3. The van der Waals surface area contributed by atoms with E-state index in [2.05, 4.69) is 10.3 Å². The van der Waals surface area contributed by atoms with Crippen molar-refractivity contribution in [2.24, 2.45) is 0 Å². The second kappa shape index (κ2) is 5.37. The third-order valence-corrected chi connectivity index (χ3v) is 2.41. The van der Waals surface area contributed by atoms with Crippen molar-refractivity contribution in [1.29, 1.82) is 0 Å². The van der Waals surface area contributed by atoms with E-state index in [-0.39, 0.29) is 18.0 Å². The van der Waals surface area contributed by atoms with E-state index in [1.54, 1.807) is 18.2 Å². The van der Waals surface area contributed by atoms with Crippen LogP contribution in [0, 0.1) is 5.82 Å². The number of carbonyl (C=O) groups is 1. The number of benzene rings is 1. The molecule has 1 aromatic heterocycles. The molecule has 0 radical (unpaired) electrons. The predicted octanol–water partition coefficient (Wildman–Crippen LogP) is 1.97. The van der Waals surface area contributed by atoms with Crippen LogP contribution in [-0.4, -0.2) is 16.0 Å². The number of nitrogens with zero attached hydrogens (tertiary/aromatic N) is 1. The fraction of sp³-hybridized carbons (Fsp3) is 0.0769. The summed E-state index contributed by atoms with van der Waals surface area (Å²) in [5, 5.41) is 11.6. The number of aromatic nitrogens is 1. The first-order chi connectivity index (χ1) is 8.72. The van der Waals surface area contributed by atoms with Crippen LogP contribution in [-0.2, 0) is 6.61 Å². The van der Waals surface area contributed by atoms with Crippen molar-refractivity contribution in [3.05, 3.63) is 59.5 Å². The van der Waals surface area contributed by atoms with Crippen LogP contribution in [0.2, 0.25) is 0 Å². The van der Waals surface area contributed by atoms with Crippen LogP contribution in [0.4, 0.5) is 10.2 Å². The Balaban J connectivity index is 2.24. The van der Waals surface area contributed by atoms with Gasteiger partial charge in [0.25, 0.3) is 5.91 Å². The average Bonchev–Trinajstić information content (AvgIpc) is 2.39. The molecule has 0 fully saturated rings. The van der Waals surface area contributed by atoms with E-state index in [9.17, 15) is 9.18 Å². The number of halogens is 1. The highest BCUT2D eigenvalue weighted by atomic mass is 19.1. The van der Waals surface area contributed by atoms with Crippen molar-refractivity contribution in [3.8, 4) is 0 Å². The first kappa shape index (κ1) is 12.2. The van der Waals surface area contributed by atoms with Gasteiger partial charge in [0.2, 0.25) is 0 Å². The molecule has 0 unspecified atom stereocenters. The Bertz CT molecular complexity index is 572. The number of aliphatic hydroxyl groups excluding tert-OH is 1. The molecule has 0 atom stereocenters. The van der Waals surface area contributed by atoms with Gasteiger partial charge in [-0.25, -0.2) is 9.37 Å². The molecule has 0 aliphatic rings. The largest absolute Gasteiger partial charge is 0.392 e. The fourth-order valence-electron chi connectivity index (χ4n) is 1.50. The molecule has 0 bridgehead atoms. The van der Waals surface area contributed by atoms with E-state index in [0.29, 0.717) is 5.56 Å². The number of carbonyl (C=O) groups excluding carboxylic acids is 1. The van der Waals surface area contributed by atoms with Crippen molar-refractivity contribution in [3.63, 3.8) is 0 Å². The maximum Gasteiger partial charge on any atom is 0.259 e. The quantitative estimate of drug-likeness (QED) is 0.870. The van der Waals surface area contributed by atoms with E-state index in [0.717, 1.165) is 0 Å². The van der Waals surface area contributed by atoms with Gasteiger partial charge in [-0.1, -0.05) is 18.2 Å². The molecule has 5 heteroatoms. The molecular formula is C13H11FN2O2. The highest BCUT2D eigenvalue weighted by molar-refractivity contribution is 6.04. The normalized spacial score (nSPS) is 10.1. The Hall–Kier alpha value is -2.27. The second-order valence-corrected chi connectivity index (χ2v) is 3.60. The zero-order valence-corrected chi connectivity index (χ0v) is 9.43. The third-order valence-electron chi connectivity index (χ3n) is 2.41. The highest BCUT2D eigenvalue weighted by Gasteiger charge is 2.13. The average molecular weight is 246 g/mol. The monoisotopic (exact) mass is 246 g/mol. The summed E-state index contributed by atoms with van der Waals surface area (Å²) in [7, 11) is 0. The SMILES string of the molecule is O=C(Nc1ncccc1CO)c1ccccc1F. The van der Waals surface area contributed by atoms with E-state index < -0.39 is 11.7 Å². The van der Waals surface area contributed by atoms with Crippen molar-refractivity contribution in [2.75, 3.05) is 5.32 Å². The molecule has 92 valence electrons. The lowest BCUT2D eigenvalue weighted by atomic mass is 10.2. The van der Waals surface area contributed by atoms with Crippen molar-refractivity contribution in [2.45, 2.75) is 6.61 Å². The maximum atomic E-state index is 13.4. The van der Waals surface area contributed by atoms with Gasteiger partial charge in [-0.3, -0.25) is 4.79 Å². The van der Waals surface area contributed by atoms with Crippen LogP contribution in [0.15, 0.2) is 42.6 Å². The van der Waals surface area contributed by atoms with Crippen LogP contribution in [0.1, 0.15) is 15.9 Å². The van der Waals surface area contributed by atoms with Gasteiger partial charge in [0.05, 0.1) is 12.2 Å². The van der Waals surface area contributed by atoms with Gasteiger partial charge >= 0.3 is 0 Å². The number of anilines is 1. The molecule has 2 rings (SSSR count). The Kier molecular flexibility index (Phi) is 3.64. The summed E-state index contributed by atoms with van der Waals surface area (Å²) in [6, 6.07) is 8.94. The van der Waals surface area contributed by atoms with Crippen molar-refractivity contribution in [1.82, 2.24) is 4.98 Å². The Morgan fingerprint density at radius 2 is 2.06 bits per heavy atom. The molecule has 0 aliphatic heterocycles. The van der Waals surface area contributed by atoms with Gasteiger partial charge in [0, 0.05) is 11.8 Å². The molecular weight excluding hydrogens is 235 g/mol. The van der Waals surface area contributed by atoms with Gasteiger partial charge in [-0.15, -0.1) is 0 Å². The number of pyridine rings is 1. The lowest BCUT2D eigenvalue weighted by Crippen LogP contribution is -2.15. The van der Waals surface area contributed by atoms with E-state index in [1.807, 2.05) is 0 Å². The Labute approximate surface area is 103 Å². The minimum absolute atomic E-state index is 0.0629. The predicted molar refractivity (Wildman–Crippen MR) is 64.5 cm³/mol. The smallest absolute Gasteiger partial charge is 0.259 e. The van der Waals surface area contributed by atoms with E-state index in [1.165, 1.54) is 24.4 Å². The summed E-state index contributed by atoms with van der Waals surface area (Å²) < 4.78 is 13.4. The van der Waals surface area contributed by atoms with Crippen LogP contribution in [0.3, 0.4) is 0 Å². The molecule has 0 spiro atoms. The number of nitrogens with one attached hydrogen (secondary N) is 1. The molecule has 0 aliphatic carbocycles. The highest BCUT2D eigenvalue weighted by Crippen LogP contribution is 2.14. The van der Waals surface area contributed by atoms with Crippen LogP contribution in [0.5, 0.6) is 0 Å². The molecule has 18 heavy (non-hydrogen) atoms. The second-order valence-electron chi connectivity index (χ2n) is 3.60. The molecule has 0 saturated heterocycles. The van der Waals surface area contributed by atoms with E-state index >= 15 is 0 Å². The Morgan fingerprint density at radius 3 is 2.78 bits per heavy atom. The molecule has 2 N–H and O–H groups in total. The van der Waals surface area contributed by atoms with Gasteiger partial charge < -0.3 is 10.4 Å². The first-order valence-corrected chi connectivity index (χ1v) is 5.33. The number of amides is 1. The lowest BCUT2D eigenvalue weighted by molar-refractivity contribution is 0.102. The first-order valence-electron chi connectivity index (χ1n) is 5.33. The number of hydrogen-bond donors (Lipinski definition) is 2. The van der Waals surface area contributed by atoms with Gasteiger partial charge in [0.1, 0.15) is 11.6 Å². The van der Waals surface area contributed by atoms with Crippen LogP contribution >= 0.6 is 0 Å². The van der Waals surface area contributed by atoms with Crippen LogP contribution < -0.4 is 5.32 Å². The Morgan fingerprint density at radius 1 is 1.28 bits per heavy atom. The maximum absolute atomic E-state index is 13.4. The zero-order valence-electron chi connectivity index (χ0n) is 9.43. The molecule has 1 amide bonds. The molecule has 2 aromatic rings. The molecule has 1 aromatic carbocycles. The van der Waals surface area contributed by atoms with E-state index in [4.69, 9.17) is 5.11 Å². The minimum atomic E-state index is -0.600. The third kappa shape index (κ3) is 2.52. The zero-order chi connectivity index (χ0) is 13.0. The summed E-state index contributed by atoms with van der Waals surface area (Å²) in [5.74, 6) is -0.966. The minimum Gasteiger partial charge on any atom is -0.392 e. The lowest BCUT2D eigenvalue weighted by Gasteiger charge is -2.08. The standard InChI is InChI=1S/C13H11FN2O2/c14-11-6-2-1-5-10(11)13(18)16-12-9(8-17)4-3-7-15-12/h1-7,17H,8H2,(H,15,16,18).